The molecule has 32 heavy (non-hydrogen) atoms. The molecule has 0 bridgehead atoms. The van der Waals surface area contributed by atoms with Crippen molar-refractivity contribution >= 4 is 23.3 Å². The molecule has 0 radical (unpaired) electrons. The molecule has 162 valence electrons. The Hall–Kier alpha value is -4.14. The highest BCUT2D eigenvalue weighted by molar-refractivity contribution is 5.98. The van der Waals surface area contributed by atoms with Gasteiger partial charge in [-0.05, 0) is 63.6 Å². The highest BCUT2D eigenvalue weighted by atomic mass is 19.1. The Kier molecular flexibility index (Phi) is 5.89. The highest BCUT2D eigenvalue weighted by Crippen LogP contribution is 2.17. The fraction of sp³-hybridized carbons (Fsp3) is 0.174. The summed E-state index contributed by atoms with van der Waals surface area (Å²) in [5, 5.41) is 12.0. The van der Waals surface area contributed by atoms with Gasteiger partial charge in [-0.3, -0.25) is 0 Å². The van der Waals surface area contributed by atoms with Crippen molar-refractivity contribution in [2.75, 3.05) is 10.7 Å². The molecule has 0 saturated carbocycles. The second-order valence-corrected chi connectivity index (χ2v) is 7.43. The Bertz CT molecular complexity index is 1260. The Morgan fingerprint density at radius 3 is 2.25 bits per heavy atom. The normalized spacial score (nSPS) is 11.5. The number of halogens is 1. The van der Waals surface area contributed by atoms with E-state index in [4.69, 9.17) is 0 Å². The maximum atomic E-state index is 13.2. The molecular weight excluding hydrogens is 407 g/mol. The van der Waals surface area contributed by atoms with E-state index in [2.05, 4.69) is 35.9 Å². The van der Waals surface area contributed by atoms with E-state index in [1.807, 2.05) is 58.0 Å². The third-order valence-corrected chi connectivity index (χ3v) is 4.72. The second kappa shape index (κ2) is 8.93. The number of hydrazone groups is 1. The first-order valence-corrected chi connectivity index (χ1v) is 10.1. The van der Waals surface area contributed by atoms with Crippen molar-refractivity contribution in [2.24, 2.45) is 5.10 Å². The van der Waals surface area contributed by atoms with Crippen LogP contribution in [0, 0.1) is 26.6 Å². The average Bonchev–Trinajstić information content (AvgIpc) is 3.12. The topological polar surface area (TPSA) is 92.9 Å². The van der Waals surface area contributed by atoms with E-state index in [9.17, 15) is 4.39 Å². The molecule has 4 rings (SSSR count). The van der Waals surface area contributed by atoms with Crippen LogP contribution in [-0.2, 0) is 0 Å². The van der Waals surface area contributed by atoms with Crippen molar-refractivity contribution in [2.45, 2.75) is 27.7 Å². The van der Waals surface area contributed by atoms with Crippen LogP contribution in [0.1, 0.15) is 29.4 Å². The quantitative estimate of drug-likeness (QED) is 0.340. The predicted molar refractivity (Wildman–Crippen MR) is 123 cm³/mol. The van der Waals surface area contributed by atoms with Crippen LogP contribution in [0.2, 0.25) is 0 Å². The fourth-order valence-corrected chi connectivity index (χ4v) is 3.05. The summed E-state index contributed by atoms with van der Waals surface area (Å²) in [5.41, 5.74) is 8.07. The number of nitrogens with one attached hydrogen (secondary N) is 2. The van der Waals surface area contributed by atoms with E-state index in [1.165, 1.54) is 12.1 Å². The van der Waals surface area contributed by atoms with Gasteiger partial charge in [-0.25, -0.2) is 14.5 Å². The zero-order valence-electron chi connectivity index (χ0n) is 18.3. The molecule has 2 aromatic carbocycles. The van der Waals surface area contributed by atoms with Crippen LogP contribution < -0.4 is 10.7 Å². The van der Waals surface area contributed by atoms with Crippen molar-refractivity contribution in [3.63, 3.8) is 0 Å². The number of aromatic nitrogens is 5. The first-order chi connectivity index (χ1) is 15.4. The first-order valence-electron chi connectivity index (χ1n) is 10.1. The summed E-state index contributed by atoms with van der Waals surface area (Å²) in [6.45, 7) is 7.68. The van der Waals surface area contributed by atoms with Gasteiger partial charge in [0.15, 0.2) is 0 Å². The number of hydrogen-bond donors (Lipinski definition) is 2. The van der Waals surface area contributed by atoms with Gasteiger partial charge in [0.2, 0.25) is 11.9 Å². The molecular formula is C23H23FN8. The van der Waals surface area contributed by atoms with Gasteiger partial charge < -0.3 is 5.32 Å². The summed E-state index contributed by atoms with van der Waals surface area (Å²) in [6, 6.07) is 16.0. The molecule has 0 aliphatic heterocycles. The van der Waals surface area contributed by atoms with Crippen LogP contribution in [-0.4, -0.2) is 30.4 Å². The molecule has 0 unspecified atom stereocenters. The minimum atomic E-state index is -0.298. The third-order valence-electron chi connectivity index (χ3n) is 4.72. The maximum Gasteiger partial charge on any atom is 0.257 e. The zero-order valence-corrected chi connectivity index (χ0v) is 18.3. The van der Waals surface area contributed by atoms with Gasteiger partial charge in [0, 0.05) is 11.4 Å². The minimum absolute atomic E-state index is 0.249. The summed E-state index contributed by atoms with van der Waals surface area (Å²) in [4.78, 5) is 13.4. The monoisotopic (exact) mass is 430 g/mol. The van der Waals surface area contributed by atoms with E-state index in [0.717, 1.165) is 28.2 Å². The van der Waals surface area contributed by atoms with E-state index < -0.39 is 0 Å². The predicted octanol–water partition coefficient (Wildman–Crippen LogP) is 4.70. The number of aryl methyl sites for hydroxylation is 3. The van der Waals surface area contributed by atoms with E-state index in [0.29, 0.717) is 17.6 Å². The molecule has 2 N–H and O–H groups in total. The van der Waals surface area contributed by atoms with Crippen LogP contribution in [0.25, 0.3) is 5.95 Å². The Morgan fingerprint density at radius 2 is 1.59 bits per heavy atom. The summed E-state index contributed by atoms with van der Waals surface area (Å²) in [7, 11) is 0. The van der Waals surface area contributed by atoms with Gasteiger partial charge in [0.1, 0.15) is 5.82 Å². The molecule has 4 aromatic rings. The van der Waals surface area contributed by atoms with Gasteiger partial charge >= 0.3 is 0 Å². The molecule has 2 aromatic heterocycles. The van der Waals surface area contributed by atoms with Crippen LogP contribution in [0.4, 0.5) is 22.0 Å². The lowest BCUT2D eigenvalue weighted by Crippen LogP contribution is -2.12. The summed E-state index contributed by atoms with van der Waals surface area (Å²) < 4.78 is 14.8. The summed E-state index contributed by atoms with van der Waals surface area (Å²) in [5.74, 6) is 0.660. The van der Waals surface area contributed by atoms with Gasteiger partial charge in [0.25, 0.3) is 5.95 Å². The Balaban J connectivity index is 1.67. The number of benzene rings is 2. The Labute approximate surface area is 185 Å². The smallest absolute Gasteiger partial charge is 0.257 e. The van der Waals surface area contributed by atoms with Crippen molar-refractivity contribution in [3.8, 4) is 5.95 Å². The largest absolute Gasteiger partial charge is 0.324 e. The van der Waals surface area contributed by atoms with E-state index >= 15 is 0 Å². The highest BCUT2D eigenvalue weighted by Gasteiger charge is 2.12. The number of anilines is 3. The van der Waals surface area contributed by atoms with Crippen molar-refractivity contribution < 1.29 is 4.39 Å². The fourth-order valence-electron chi connectivity index (χ4n) is 3.05. The SMILES string of the molecule is C/C(=N/Nc1nc(Nc2ccc(C)cc2)nc(-n2nc(C)cc2C)n1)c1ccc(F)cc1. The zero-order chi connectivity index (χ0) is 22.7. The summed E-state index contributed by atoms with van der Waals surface area (Å²) in [6.07, 6.45) is 0. The molecule has 0 spiro atoms. The average molecular weight is 430 g/mol. The van der Waals surface area contributed by atoms with Gasteiger partial charge in [0.05, 0.1) is 11.4 Å². The first kappa shape index (κ1) is 21.1. The number of hydrogen-bond acceptors (Lipinski definition) is 7. The van der Waals surface area contributed by atoms with Gasteiger partial charge in [-0.1, -0.05) is 29.8 Å². The van der Waals surface area contributed by atoms with Gasteiger partial charge in [-0.2, -0.15) is 25.2 Å². The van der Waals surface area contributed by atoms with Gasteiger partial charge in [-0.15, -0.1) is 0 Å². The van der Waals surface area contributed by atoms with Crippen LogP contribution in [0.15, 0.2) is 59.7 Å². The summed E-state index contributed by atoms with van der Waals surface area (Å²) >= 11 is 0. The van der Waals surface area contributed by atoms with Crippen molar-refractivity contribution in [1.29, 1.82) is 0 Å². The van der Waals surface area contributed by atoms with Crippen LogP contribution in [0.5, 0.6) is 0 Å². The molecule has 0 fully saturated rings. The lowest BCUT2D eigenvalue weighted by atomic mass is 10.1. The molecule has 0 atom stereocenters. The standard InChI is InChI=1S/C23H23FN8/c1-14-5-11-20(12-6-14)25-21-26-22(28-23(27-21)32-16(3)13-15(2)31-32)30-29-17(4)18-7-9-19(24)10-8-18/h5-13H,1-4H3,(H2,25,26,27,28,30)/b29-17-. The van der Waals surface area contributed by atoms with Crippen molar-refractivity contribution in [1.82, 2.24) is 24.7 Å². The number of nitrogens with zero attached hydrogens (tertiary/aromatic N) is 6. The lowest BCUT2D eigenvalue weighted by Gasteiger charge is -2.10. The molecule has 0 aliphatic rings. The molecule has 0 saturated heterocycles. The molecule has 2 heterocycles. The molecule has 0 aliphatic carbocycles. The van der Waals surface area contributed by atoms with E-state index in [1.54, 1.807) is 16.8 Å². The lowest BCUT2D eigenvalue weighted by molar-refractivity contribution is 0.628. The van der Waals surface area contributed by atoms with Crippen LogP contribution in [0.3, 0.4) is 0 Å². The van der Waals surface area contributed by atoms with Crippen LogP contribution >= 0.6 is 0 Å². The van der Waals surface area contributed by atoms with Crippen molar-refractivity contribution in [3.05, 3.63) is 82.9 Å². The maximum absolute atomic E-state index is 13.2. The van der Waals surface area contributed by atoms with E-state index in [-0.39, 0.29) is 11.8 Å². The molecule has 9 heteroatoms. The molecule has 0 amide bonds. The molecule has 8 nitrogen and oxygen atoms in total. The number of rotatable bonds is 6. The Morgan fingerprint density at radius 1 is 0.906 bits per heavy atom. The third kappa shape index (κ3) is 4.94. The second-order valence-electron chi connectivity index (χ2n) is 7.43. The minimum Gasteiger partial charge on any atom is -0.324 e.